The fourth-order valence-electron chi connectivity index (χ4n) is 3.69. The van der Waals surface area contributed by atoms with E-state index in [9.17, 15) is 18.0 Å². The lowest BCUT2D eigenvalue weighted by Gasteiger charge is -2.22. The summed E-state index contributed by atoms with van der Waals surface area (Å²) in [6, 6.07) is 13.2. The molecule has 3 aromatic rings. The van der Waals surface area contributed by atoms with Gasteiger partial charge in [0.25, 0.3) is 5.91 Å². The van der Waals surface area contributed by atoms with E-state index in [1.54, 1.807) is 17.0 Å². The van der Waals surface area contributed by atoms with Crippen molar-refractivity contribution in [3.63, 3.8) is 0 Å². The molecule has 0 aliphatic rings. The number of oxazole rings is 1. The van der Waals surface area contributed by atoms with Gasteiger partial charge in [-0.1, -0.05) is 30.3 Å². The second kappa shape index (κ2) is 11.8. The lowest BCUT2D eigenvalue weighted by molar-refractivity contribution is 0.0725. The third-order valence-corrected chi connectivity index (χ3v) is 6.18. The normalized spacial score (nSPS) is 11.2. The molecule has 0 unspecified atom stereocenters. The third kappa shape index (κ3) is 7.15. The number of primary sulfonamides is 1. The fraction of sp³-hybridized carbons (Fsp3) is 0.320. The van der Waals surface area contributed by atoms with E-state index in [0.717, 1.165) is 23.8 Å². The number of hydrogen-bond donors (Lipinski definition) is 1. The maximum absolute atomic E-state index is 13.6. The smallest absolute Gasteiger partial charge is 0.254 e. The van der Waals surface area contributed by atoms with Gasteiger partial charge in [0.2, 0.25) is 21.7 Å². The standard InChI is InChI=1S/C25H29N3O7S/c1-17-22(33-2)12-19(13-23(17)34-3)25(30)28(11-7-10-18-8-5-4-6-9-18)14-24-27-20(15-35-24)21(29)16-36(26,31)32/h4-6,8-9,12-13,15H,7,10-11,14,16H2,1-3H3,(H2,26,31,32). The first kappa shape index (κ1) is 26.9. The molecule has 36 heavy (non-hydrogen) atoms. The van der Waals surface area contributed by atoms with Crippen LogP contribution in [0.2, 0.25) is 0 Å². The average Bonchev–Trinajstić information content (AvgIpc) is 3.31. The maximum atomic E-state index is 13.6. The number of benzene rings is 2. The zero-order valence-electron chi connectivity index (χ0n) is 20.4. The molecule has 2 N–H and O–H groups in total. The quantitative estimate of drug-likeness (QED) is 0.363. The molecule has 0 aliphatic heterocycles. The first-order valence-electron chi connectivity index (χ1n) is 11.1. The minimum absolute atomic E-state index is 0.0330. The summed E-state index contributed by atoms with van der Waals surface area (Å²) in [4.78, 5) is 31.3. The molecule has 0 saturated heterocycles. The molecule has 192 valence electrons. The highest BCUT2D eigenvalue weighted by Crippen LogP contribution is 2.30. The van der Waals surface area contributed by atoms with Crippen LogP contribution in [0.25, 0.3) is 0 Å². The summed E-state index contributed by atoms with van der Waals surface area (Å²) < 4.78 is 38.7. The maximum Gasteiger partial charge on any atom is 0.254 e. The lowest BCUT2D eigenvalue weighted by Crippen LogP contribution is -2.32. The van der Waals surface area contributed by atoms with Crippen LogP contribution in [0.4, 0.5) is 0 Å². The van der Waals surface area contributed by atoms with Crippen LogP contribution in [0.5, 0.6) is 11.5 Å². The van der Waals surface area contributed by atoms with Gasteiger partial charge in [0.1, 0.15) is 29.2 Å². The fourth-order valence-corrected chi connectivity index (χ4v) is 4.21. The highest BCUT2D eigenvalue weighted by molar-refractivity contribution is 7.89. The minimum Gasteiger partial charge on any atom is -0.496 e. The highest BCUT2D eigenvalue weighted by Gasteiger charge is 2.23. The SMILES string of the molecule is COc1cc(C(=O)N(CCCc2ccccc2)Cc2nc(C(=O)CS(N)(=O)=O)co2)cc(OC)c1C. The molecule has 1 aromatic heterocycles. The van der Waals surface area contributed by atoms with Gasteiger partial charge < -0.3 is 18.8 Å². The Morgan fingerprint density at radius 1 is 1.08 bits per heavy atom. The van der Waals surface area contributed by atoms with Crippen LogP contribution in [-0.4, -0.2) is 56.5 Å². The van der Waals surface area contributed by atoms with Crippen molar-refractivity contribution >= 4 is 21.7 Å². The van der Waals surface area contributed by atoms with Gasteiger partial charge in [-0.2, -0.15) is 0 Å². The Morgan fingerprint density at radius 2 is 1.72 bits per heavy atom. The number of aromatic nitrogens is 1. The van der Waals surface area contributed by atoms with Crippen LogP contribution >= 0.6 is 0 Å². The monoisotopic (exact) mass is 515 g/mol. The Hall–Kier alpha value is -3.70. The Kier molecular flexibility index (Phi) is 8.83. The van der Waals surface area contributed by atoms with Crippen LogP contribution in [0.3, 0.4) is 0 Å². The van der Waals surface area contributed by atoms with E-state index in [1.807, 2.05) is 37.3 Å². The number of ether oxygens (including phenoxy) is 2. The van der Waals surface area contributed by atoms with E-state index >= 15 is 0 Å². The molecule has 0 spiro atoms. The zero-order valence-corrected chi connectivity index (χ0v) is 21.2. The van der Waals surface area contributed by atoms with Crippen LogP contribution < -0.4 is 14.6 Å². The van der Waals surface area contributed by atoms with Crippen molar-refractivity contribution in [1.82, 2.24) is 9.88 Å². The van der Waals surface area contributed by atoms with Crippen LogP contribution in [0.1, 0.15) is 44.3 Å². The molecule has 0 bridgehead atoms. The number of ketones is 1. The highest BCUT2D eigenvalue weighted by atomic mass is 32.2. The van der Waals surface area contributed by atoms with Gasteiger partial charge in [-0.3, -0.25) is 9.59 Å². The van der Waals surface area contributed by atoms with Crippen molar-refractivity contribution in [2.45, 2.75) is 26.3 Å². The summed E-state index contributed by atoms with van der Waals surface area (Å²) in [7, 11) is -0.981. The molecule has 0 aliphatic carbocycles. The number of amides is 1. The van der Waals surface area contributed by atoms with E-state index in [0.29, 0.717) is 30.0 Å². The van der Waals surface area contributed by atoms with Crippen LogP contribution in [-0.2, 0) is 23.0 Å². The van der Waals surface area contributed by atoms with Crippen molar-refractivity contribution < 1.29 is 31.9 Å². The van der Waals surface area contributed by atoms with E-state index in [4.69, 9.17) is 19.0 Å². The first-order chi connectivity index (χ1) is 17.1. The molecule has 1 heterocycles. The molecule has 1 amide bonds. The number of nitrogens with two attached hydrogens (primary N) is 1. The number of carbonyl (C=O) groups excluding carboxylic acids is 2. The Bertz CT molecular complexity index is 1300. The largest absolute Gasteiger partial charge is 0.496 e. The number of hydrogen-bond acceptors (Lipinski definition) is 8. The second-order valence-electron chi connectivity index (χ2n) is 8.18. The van der Waals surface area contributed by atoms with Crippen molar-refractivity contribution in [1.29, 1.82) is 0 Å². The molecular formula is C25H29N3O7S. The van der Waals surface area contributed by atoms with Crippen molar-refractivity contribution in [2.75, 3.05) is 26.5 Å². The van der Waals surface area contributed by atoms with Gasteiger partial charge in [-0.25, -0.2) is 18.5 Å². The number of rotatable bonds is 12. The van der Waals surface area contributed by atoms with Gasteiger partial charge in [0.15, 0.2) is 0 Å². The summed E-state index contributed by atoms with van der Waals surface area (Å²) in [5, 5.41) is 4.95. The van der Waals surface area contributed by atoms with Gasteiger partial charge in [0.05, 0.1) is 20.8 Å². The molecule has 0 fully saturated rings. The summed E-state index contributed by atoms with van der Waals surface area (Å²) in [6.45, 7) is 2.17. The van der Waals surface area contributed by atoms with Crippen molar-refractivity contribution in [3.8, 4) is 11.5 Å². The number of Topliss-reactive ketones (excluding diaryl/α,β-unsaturated/α-hetero) is 1. The minimum atomic E-state index is -4.01. The Morgan fingerprint density at radius 3 is 2.31 bits per heavy atom. The van der Waals surface area contributed by atoms with Crippen LogP contribution in [0, 0.1) is 6.92 Å². The van der Waals surface area contributed by atoms with E-state index in [-0.39, 0.29) is 24.0 Å². The molecule has 3 rings (SSSR count). The molecular weight excluding hydrogens is 486 g/mol. The molecule has 0 atom stereocenters. The van der Waals surface area contributed by atoms with E-state index < -0.39 is 21.6 Å². The molecule has 0 saturated carbocycles. The predicted octanol–water partition coefficient (Wildman–Crippen LogP) is 2.75. The first-order valence-corrected chi connectivity index (χ1v) is 12.9. The second-order valence-corrected chi connectivity index (χ2v) is 9.79. The third-order valence-electron chi connectivity index (χ3n) is 5.52. The van der Waals surface area contributed by atoms with Crippen molar-refractivity contribution in [3.05, 3.63) is 77.0 Å². The van der Waals surface area contributed by atoms with Gasteiger partial charge in [-0.15, -0.1) is 0 Å². The number of nitrogens with zero attached hydrogens (tertiary/aromatic N) is 2. The summed E-state index contributed by atoms with van der Waals surface area (Å²) in [5.41, 5.74) is 2.08. The lowest BCUT2D eigenvalue weighted by atomic mass is 10.1. The Labute approximate surface area is 210 Å². The topological polar surface area (TPSA) is 142 Å². The predicted molar refractivity (Wildman–Crippen MR) is 133 cm³/mol. The molecule has 0 radical (unpaired) electrons. The Balaban J connectivity index is 1.84. The number of aryl methyl sites for hydroxylation is 1. The van der Waals surface area contributed by atoms with Gasteiger partial charge in [0, 0.05) is 17.7 Å². The van der Waals surface area contributed by atoms with Crippen LogP contribution in [0.15, 0.2) is 53.1 Å². The van der Waals surface area contributed by atoms with Gasteiger partial charge in [-0.05, 0) is 37.5 Å². The van der Waals surface area contributed by atoms with Gasteiger partial charge >= 0.3 is 0 Å². The zero-order chi connectivity index (χ0) is 26.3. The summed E-state index contributed by atoms with van der Waals surface area (Å²) in [5.74, 6) is -0.880. The molecule has 11 heteroatoms. The van der Waals surface area contributed by atoms with Crippen molar-refractivity contribution in [2.24, 2.45) is 5.14 Å². The number of sulfonamides is 1. The molecule has 2 aromatic carbocycles. The van der Waals surface area contributed by atoms with E-state index in [2.05, 4.69) is 4.98 Å². The number of methoxy groups -OCH3 is 2. The summed E-state index contributed by atoms with van der Waals surface area (Å²) in [6.07, 6.45) is 2.47. The summed E-state index contributed by atoms with van der Waals surface area (Å²) >= 11 is 0. The average molecular weight is 516 g/mol. The van der Waals surface area contributed by atoms with E-state index in [1.165, 1.54) is 14.2 Å². The molecule has 10 nitrogen and oxygen atoms in total. The number of carbonyl (C=O) groups is 2.